The first-order valence-corrected chi connectivity index (χ1v) is 8.51. The summed E-state index contributed by atoms with van der Waals surface area (Å²) in [5.41, 5.74) is 2.42. The molecule has 0 bridgehead atoms. The molecule has 2 fully saturated rings. The number of rotatable bonds is 5. The van der Waals surface area contributed by atoms with Gasteiger partial charge in [0.05, 0.1) is 12.3 Å². The van der Waals surface area contributed by atoms with Crippen molar-refractivity contribution >= 4 is 5.69 Å². The number of hydrogen-bond acceptors (Lipinski definition) is 3. The maximum Gasteiger partial charge on any atom is 0.142 e. The second-order valence-electron chi connectivity index (χ2n) is 6.48. The van der Waals surface area contributed by atoms with Gasteiger partial charge in [0.1, 0.15) is 5.75 Å². The molecule has 3 nitrogen and oxygen atoms in total. The fourth-order valence-corrected chi connectivity index (χ4v) is 3.95. The van der Waals surface area contributed by atoms with Crippen LogP contribution in [0.1, 0.15) is 44.6 Å². The van der Waals surface area contributed by atoms with E-state index in [1.807, 2.05) is 6.92 Å². The van der Waals surface area contributed by atoms with Crippen molar-refractivity contribution in [2.75, 3.05) is 18.5 Å². The Morgan fingerprint density at radius 2 is 2.14 bits per heavy atom. The molecular weight excluding hydrogens is 260 g/mol. The summed E-state index contributed by atoms with van der Waals surface area (Å²) in [6.45, 7) is 6.08. The molecule has 21 heavy (non-hydrogen) atoms. The lowest BCUT2D eigenvalue weighted by Gasteiger charge is -2.28. The van der Waals surface area contributed by atoms with E-state index < -0.39 is 0 Å². The summed E-state index contributed by atoms with van der Waals surface area (Å²) in [5, 5.41) is 7.48. The van der Waals surface area contributed by atoms with E-state index in [1.165, 1.54) is 44.2 Å². The summed E-state index contributed by atoms with van der Waals surface area (Å²) in [7, 11) is 0. The van der Waals surface area contributed by atoms with Gasteiger partial charge in [-0.2, -0.15) is 0 Å². The number of ether oxygens (including phenoxy) is 1. The van der Waals surface area contributed by atoms with Gasteiger partial charge >= 0.3 is 0 Å². The molecule has 1 aromatic rings. The van der Waals surface area contributed by atoms with Gasteiger partial charge in [-0.1, -0.05) is 12.5 Å². The molecule has 0 spiro atoms. The van der Waals surface area contributed by atoms with Crippen LogP contribution in [0.5, 0.6) is 5.75 Å². The van der Waals surface area contributed by atoms with Gasteiger partial charge in [0, 0.05) is 12.1 Å². The topological polar surface area (TPSA) is 33.3 Å². The van der Waals surface area contributed by atoms with Crippen molar-refractivity contribution in [3.05, 3.63) is 23.8 Å². The van der Waals surface area contributed by atoms with Gasteiger partial charge in [-0.25, -0.2) is 0 Å². The van der Waals surface area contributed by atoms with Crippen molar-refractivity contribution in [1.29, 1.82) is 0 Å². The highest BCUT2D eigenvalue weighted by Crippen LogP contribution is 2.36. The van der Waals surface area contributed by atoms with Crippen LogP contribution in [0.15, 0.2) is 18.2 Å². The van der Waals surface area contributed by atoms with E-state index in [1.54, 1.807) is 0 Å². The van der Waals surface area contributed by atoms with Crippen molar-refractivity contribution in [3.8, 4) is 5.75 Å². The van der Waals surface area contributed by atoms with Crippen LogP contribution in [0.25, 0.3) is 0 Å². The summed E-state index contributed by atoms with van der Waals surface area (Å²) < 4.78 is 5.81. The normalized spacial score (nSPS) is 28.8. The molecule has 1 aromatic carbocycles. The third-order valence-corrected chi connectivity index (χ3v) is 4.96. The summed E-state index contributed by atoms with van der Waals surface area (Å²) in [5.74, 6) is 1.77. The van der Waals surface area contributed by atoms with Crippen molar-refractivity contribution in [2.24, 2.45) is 5.92 Å². The maximum atomic E-state index is 5.81. The molecule has 1 aliphatic heterocycles. The summed E-state index contributed by atoms with van der Waals surface area (Å²) in [4.78, 5) is 0. The maximum absolute atomic E-state index is 5.81. The second kappa shape index (κ2) is 6.69. The molecule has 3 heteroatoms. The molecule has 1 heterocycles. The van der Waals surface area contributed by atoms with Crippen molar-refractivity contribution in [2.45, 2.75) is 58.0 Å². The van der Waals surface area contributed by atoms with Crippen LogP contribution in [0, 0.1) is 12.8 Å². The summed E-state index contributed by atoms with van der Waals surface area (Å²) >= 11 is 0. The zero-order valence-electron chi connectivity index (χ0n) is 13.3. The molecule has 1 aliphatic carbocycles. The quantitative estimate of drug-likeness (QED) is 0.866. The molecule has 1 saturated heterocycles. The predicted octanol–water partition coefficient (Wildman–Crippen LogP) is 3.73. The summed E-state index contributed by atoms with van der Waals surface area (Å²) in [6.07, 6.45) is 6.65. The standard InChI is InChI=1S/C18H28N2O/c1-3-21-18-12-13(2)9-10-17(18)20-16-7-4-6-14(16)15-8-5-11-19-15/h9-10,12,14-16,19-20H,3-8,11H2,1-2H3. The minimum atomic E-state index is 0.586. The fraction of sp³-hybridized carbons (Fsp3) is 0.667. The first-order chi connectivity index (χ1) is 10.3. The zero-order chi connectivity index (χ0) is 14.7. The molecular formula is C18H28N2O. The minimum absolute atomic E-state index is 0.586. The lowest BCUT2D eigenvalue weighted by Crippen LogP contribution is -2.38. The van der Waals surface area contributed by atoms with Gasteiger partial charge in [0.15, 0.2) is 0 Å². The first kappa shape index (κ1) is 14.7. The van der Waals surface area contributed by atoms with E-state index in [0.717, 1.165) is 24.0 Å². The molecule has 116 valence electrons. The molecule has 1 saturated carbocycles. The predicted molar refractivity (Wildman–Crippen MR) is 88.1 cm³/mol. The van der Waals surface area contributed by atoms with Gasteiger partial charge in [0.25, 0.3) is 0 Å². The highest BCUT2D eigenvalue weighted by atomic mass is 16.5. The SMILES string of the molecule is CCOc1cc(C)ccc1NC1CCCC1C1CCCN1. The second-order valence-corrected chi connectivity index (χ2v) is 6.48. The Bertz CT molecular complexity index is 468. The van der Waals surface area contributed by atoms with Crippen LogP contribution in [-0.4, -0.2) is 25.2 Å². The average Bonchev–Trinajstić information content (AvgIpc) is 3.13. The van der Waals surface area contributed by atoms with E-state index in [4.69, 9.17) is 4.74 Å². The Balaban J connectivity index is 1.72. The van der Waals surface area contributed by atoms with Crippen LogP contribution in [-0.2, 0) is 0 Å². The number of aryl methyl sites for hydroxylation is 1. The largest absolute Gasteiger partial charge is 0.492 e. The summed E-state index contributed by atoms with van der Waals surface area (Å²) in [6, 6.07) is 7.79. The molecule has 3 rings (SSSR count). The molecule has 0 radical (unpaired) electrons. The zero-order valence-corrected chi connectivity index (χ0v) is 13.3. The molecule has 0 amide bonds. The third-order valence-electron chi connectivity index (χ3n) is 4.96. The van der Waals surface area contributed by atoms with Crippen molar-refractivity contribution in [1.82, 2.24) is 5.32 Å². The van der Waals surface area contributed by atoms with E-state index in [0.29, 0.717) is 12.1 Å². The van der Waals surface area contributed by atoms with Gasteiger partial charge in [-0.15, -0.1) is 0 Å². The highest BCUT2D eigenvalue weighted by Gasteiger charge is 2.35. The number of anilines is 1. The van der Waals surface area contributed by atoms with Gasteiger partial charge < -0.3 is 15.4 Å². The van der Waals surface area contributed by atoms with Crippen LogP contribution >= 0.6 is 0 Å². The highest BCUT2D eigenvalue weighted by molar-refractivity contribution is 5.58. The number of nitrogens with one attached hydrogen (secondary N) is 2. The number of hydrogen-bond donors (Lipinski definition) is 2. The Labute approximate surface area is 128 Å². The first-order valence-electron chi connectivity index (χ1n) is 8.51. The molecule has 2 N–H and O–H groups in total. The Kier molecular flexibility index (Phi) is 4.69. The van der Waals surface area contributed by atoms with E-state index in [2.05, 4.69) is 35.8 Å². The molecule has 2 aliphatic rings. The van der Waals surface area contributed by atoms with Gasteiger partial charge in [-0.05, 0) is 69.7 Å². The third kappa shape index (κ3) is 3.34. The minimum Gasteiger partial charge on any atom is -0.492 e. The van der Waals surface area contributed by atoms with Crippen LogP contribution in [0.4, 0.5) is 5.69 Å². The van der Waals surface area contributed by atoms with E-state index in [9.17, 15) is 0 Å². The van der Waals surface area contributed by atoms with Crippen LogP contribution < -0.4 is 15.4 Å². The van der Waals surface area contributed by atoms with Gasteiger partial charge in [0.2, 0.25) is 0 Å². The lowest BCUT2D eigenvalue weighted by atomic mass is 9.93. The monoisotopic (exact) mass is 288 g/mol. The molecule has 3 atom stereocenters. The van der Waals surface area contributed by atoms with Crippen molar-refractivity contribution in [3.63, 3.8) is 0 Å². The fourth-order valence-electron chi connectivity index (χ4n) is 3.95. The van der Waals surface area contributed by atoms with Crippen molar-refractivity contribution < 1.29 is 4.74 Å². The lowest BCUT2D eigenvalue weighted by molar-refractivity contribution is 0.339. The van der Waals surface area contributed by atoms with Crippen LogP contribution in [0.2, 0.25) is 0 Å². The molecule has 0 aromatic heterocycles. The Morgan fingerprint density at radius 3 is 2.90 bits per heavy atom. The van der Waals surface area contributed by atoms with Gasteiger partial charge in [-0.3, -0.25) is 0 Å². The van der Waals surface area contributed by atoms with Crippen LogP contribution in [0.3, 0.4) is 0 Å². The Morgan fingerprint density at radius 1 is 1.24 bits per heavy atom. The molecule has 3 unspecified atom stereocenters. The number of benzene rings is 1. The Hall–Kier alpha value is -1.22. The van der Waals surface area contributed by atoms with E-state index >= 15 is 0 Å². The average molecular weight is 288 g/mol. The smallest absolute Gasteiger partial charge is 0.142 e. The van der Waals surface area contributed by atoms with E-state index in [-0.39, 0.29) is 0 Å².